The third-order valence-corrected chi connectivity index (χ3v) is 5.11. The van der Waals surface area contributed by atoms with Gasteiger partial charge in [0.1, 0.15) is 5.75 Å². The van der Waals surface area contributed by atoms with Gasteiger partial charge in [0, 0.05) is 11.6 Å². The average molecular weight is 334 g/mol. The molecule has 3 rings (SSSR count). The molecule has 1 aliphatic heterocycles. The molecule has 24 heavy (non-hydrogen) atoms. The SMILES string of the molecule is COc1cccc(C(=O)N[C@@H]2C[C@H](O)[C@H](O)[C@H]2N2CCCCC2)c1. The molecule has 1 heterocycles. The number of aliphatic hydroxyl groups excluding tert-OH is 2. The summed E-state index contributed by atoms with van der Waals surface area (Å²) in [6.45, 7) is 1.81. The molecule has 1 saturated carbocycles. The van der Waals surface area contributed by atoms with Gasteiger partial charge in [0.25, 0.3) is 5.91 Å². The van der Waals surface area contributed by atoms with Crippen molar-refractivity contribution in [3.05, 3.63) is 29.8 Å². The molecule has 6 heteroatoms. The second kappa shape index (κ2) is 7.51. The molecule has 0 aromatic heterocycles. The van der Waals surface area contributed by atoms with E-state index in [1.807, 2.05) is 0 Å². The van der Waals surface area contributed by atoms with Gasteiger partial charge < -0.3 is 20.3 Å². The predicted octanol–water partition coefficient (Wildman–Crippen LogP) is 0.774. The Morgan fingerprint density at radius 3 is 2.71 bits per heavy atom. The fourth-order valence-electron chi connectivity index (χ4n) is 3.85. The normalized spacial score (nSPS) is 31.0. The van der Waals surface area contributed by atoms with Gasteiger partial charge in [-0.2, -0.15) is 0 Å². The van der Waals surface area contributed by atoms with Gasteiger partial charge in [-0.3, -0.25) is 9.69 Å². The van der Waals surface area contributed by atoms with Gasteiger partial charge in [0.2, 0.25) is 0 Å². The number of amides is 1. The first-order valence-electron chi connectivity index (χ1n) is 8.65. The van der Waals surface area contributed by atoms with E-state index < -0.39 is 12.2 Å². The van der Waals surface area contributed by atoms with Gasteiger partial charge in [-0.1, -0.05) is 12.5 Å². The number of aliphatic hydroxyl groups is 2. The van der Waals surface area contributed by atoms with Crippen LogP contribution in [0.25, 0.3) is 0 Å². The summed E-state index contributed by atoms with van der Waals surface area (Å²) in [6.07, 6.45) is 2.14. The number of methoxy groups -OCH3 is 1. The predicted molar refractivity (Wildman–Crippen MR) is 90.1 cm³/mol. The maximum Gasteiger partial charge on any atom is 0.251 e. The van der Waals surface area contributed by atoms with Crippen LogP contribution in [0.5, 0.6) is 5.75 Å². The lowest BCUT2D eigenvalue weighted by atomic mass is 10.0. The molecule has 0 radical (unpaired) electrons. The molecule has 1 saturated heterocycles. The van der Waals surface area contributed by atoms with Crippen molar-refractivity contribution in [3.8, 4) is 5.75 Å². The van der Waals surface area contributed by atoms with Crippen molar-refractivity contribution in [3.63, 3.8) is 0 Å². The summed E-state index contributed by atoms with van der Waals surface area (Å²) in [5.74, 6) is 0.420. The second-order valence-electron chi connectivity index (χ2n) is 6.69. The fourth-order valence-corrected chi connectivity index (χ4v) is 3.85. The number of rotatable bonds is 4. The zero-order valence-electron chi connectivity index (χ0n) is 14.0. The van der Waals surface area contributed by atoms with Gasteiger partial charge in [0.15, 0.2) is 0 Å². The van der Waals surface area contributed by atoms with E-state index in [2.05, 4.69) is 10.2 Å². The number of piperidine rings is 1. The molecule has 3 N–H and O–H groups in total. The van der Waals surface area contributed by atoms with E-state index in [-0.39, 0.29) is 18.0 Å². The summed E-state index contributed by atoms with van der Waals surface area (Å²) in [6, 6.07) is 6.49. The van der Waals surface area contributed by atoms with Crippen LogP contribution >= 0.6 is 0 Å². The van der Waals surface area contributed by atoms with Crippen molar-refractivity contribution in [2.45, 2.75) is 50.0 Å². The van der Waals surface area contributed by atoms with E-state index in [0.29, 0.717) is 17.7 Å². The first-order chi connectivity index (χ1) is 11.6. The minimum atomic E-state index is -0.821. The highest BCUT2D eigenvalue weighted by atomic mass is 16.5. The summed E-state index contributed by atoms with van der Waals surface area (Å²) in [4.78, 5) is 14.8. The van der Waals surface area contributed by atoms with Crippen molar-refractivity contribution in [1.82, 2.24) is 10.2 Å². The van der Waals surface area contributed by atoms with Crippen LogP contribution in [0.4, 0.5) is 0 Å². The highest BCUT2D eigenvalue weighted by molar-refractivity contribution is 5.94. The van der Waals surface area contributed by atoms with Crippen LogP contribution in [0.15, 0.2) is 24.3 Å². The molecule has 0 spiro atoms. The maximum absolute atomic E-state index is 12.6. The van der Waals surface area contributed by atoms with Crippen LogP contribution in [0, 0.1) is 0 Å². The number of carbonyl (C=O) groups is 1. The average Bonchev–Trinajstić information content (AvgIpc) is 2.89. The molecule has 1 aromatic rings. The second-order valence-corrected chi connectivity index (χ2v) is 6.69. The number of nitrogens with one attached hydrogen (secondary N) is 1. The van der Waals surface area contributed by atoms with Gasteiger partial charge in [-0.05, 0) is 50.6 Å². The first kappa shape index (κ1) is 17.2. The molecule has 0 bridgehead atoms. The van der Waals surface area contributed by atoms with Gasteiger partial charge in [-0.15, -0.1) is 0 Å². The Morgan fingerprint density at radius 1 is 1.25 bits per heavy atom. The third kappa shape index (κ3) is 3.55. The Balaban J connectivity index is 1.72. The van der Waals surface area contributed by atoms with Crippen LogP contribution in [-0.4, -0.2) is 65.5 Å². The number of nitrogens with zero attached hydrogens (tertiary/aromatic N) is 1. The van der Waals surface area contributed by atoms with E-state index in [1.165, 1.54) is 6.42 Å². The Morgan fingerprint density at radius 2 is 2.00 bits per heavy atom. The summed E-state index contributed by atoms with van der Waals surface area (Å²) in [5.41, 5.74) is 0.516. The van der Waals surface area contributed by atoms with E-state index in [4.69, 9.17) is 4.74 Å². The third-order valence-electron chi connectivity index (χ3n) is 5.11. The minimum absolute atomic E-state index is 0.206. The van der Waals surface area contributed by atoms with Crippen LogP contribution < -0.4 is 10.1 Å². The Bertz CT molecular complexity index is 574. The van der Waals surface area contributed by atoms with Crippen molar-refractivity contribution in [1.29, 1.82) is 0 Å². The molecule has 1 aromatic carbocycles. The van der Waals surface area contributed by atoms with Gasteiger partial charge >= 0.3 is 0 Å². The molecule has 1 amide bonds. The molecule has 2 aliphatic rings. The summed E-state index contributed by atoms with van der Waals surface area (Å²) >= 11 is 0. The quantitative estimate of drug-likeness (QED) is 0.758. The first-order valence-corrected chi connectivity index (χ1v) is 8.65. The minimum Gasteiger partial charge on any atom is -0.497 e. The van der Waals surface area contributed by atoms with E-state index in [1.54, 1.807) is 31.4 Å². The van der Waals surface area contributed by atoms with Gasteiger partial charge in [0.05, 0.1) is 25.4 Å². The molecule has 0 unspecified atom stereocenters. The number of carbonyl (C=O) groups excluding carboxylic acids is 1. The van der Waals surface area contributed by atoms with Gasteiger partial charge in [-0.25, -0.2) is 0 Å². The number of likely N-dealkylation sites (tertiary alicyclic amines) is 1. The highest BCUT2D eigenvalue weighted by Gasteiger charge is 2.45. The van der Waals surface area contributed by atoms with E-state index in [0.717, 1.165) is 25.9 Å². The topological polar surface area (TPSA) is 82.0 Å². The standard InChI is InChI=1S/C18H26N2O4/c1-24-13-7-5-6-12(10-13)18(23)19-14-11-15(21)17(22)16(14)20-8-3-2-4-9-20/h5-7,10,14-17,21-22H,2-4,8-9,11H2,1H3,(H,19,23)/t14-,15+,16+,17+/m1/s1. The molecular formula is C18H26N2O4. The number of benzene rings is 1. The lowest BCUT2D eigenvalue weighted by Gasteiger charge is -2.37. The van der Waals surface area contributed by atoms with Crippen molar-refractivity contribution >= 4 is 5.91 Å². The zero-order chi connectivity index (χ0) is 17.1. The number of hydrogen-bond acceptors (Lipinski definition) is 5. The summed E-state index contributed by atoms with van der Waals surface area (Å²) < 4.78 is 5.16. The molecular weight excluding hydrogens is 308 g/mol. The molecule has 1 aliphatic carbocycles. The van der Waals surface area contributed by atoms with Crippen LogP contribution in [-0.2, 0) is 0 Å². The van der Waals surface area contributed by atoms with E-state index >= 15 is 0 Å². The highest BCUT2D eigenvalue weighted by Crippen LogP contribution is 2.28. The smallest absolute Gasteiger partial charge is 0.251 e. The van der Waals surface area contributed by atoms with Crippen LogP contribution in [0.2, 0.25) is 0 Å². The van der Waals surface area contributed by atoms with Crippen molar-refractivity contribution in [2.24, 2.45) is 0 Å². The summed E-state index contributed by atoms with van der Waals surface area (Å²) in [7, 11) is 1.56. The van der Waals surface area contributed by atoms with Crippen LogP contribution in [0.1, 0.15) is 36.0 Å². The van der Waals surface area contributed by atoms with Crippen LogP contribution in [0.3, 0.4) is 0 Å². The molecule has 132 valence electrons. The summed E-state index contributed by atoms with van der Waals surface area (Å²) in [5, 5.41) is 23.5. The largest absolute Gasteiger partial charge is 0.497 e. The monoisotopic (exact) mass is 334 g/mol. The number of hydrogen-bond donors (Lipinski definition) is 3. The molecule has 2 fully saturated rings. The fraction of sp³-hybridized carbons (Fsp3) is 0.611. The lowest BCUT2D eigenvalue weighted by Crippen LogP contribution is -2.54. The Labute approximate surface area is 142 Å². The Kier molecular flexibility index (Phi) is 5.38. The molecule has 6 nitrogen and oxygen atoms in total. The number of ether oxygens (including phenoxy) is 1. The zero-order valence-corrected chi connectivity index (χ0v) is 14.0. The lowest BCUT2D eigenvalue weighted by molar-refractivity contribution is -0.00789. The Hall–Kier alpha value is -1.63. The van der Waals surface area contributed by atoms with Crippen molar-refractivity contribution < 1.29 is 19.7 Å². The maximum atomic E-state index is 12.6. The molecule has 4 atom stereocenters. The van der Waals surface area contributed by atoms with E-state index in [9.17, 15) is 15.0 Å². The van der Waals surface area contributed by atoms with Crippen molar-refractivity contribution in [2.75, 3.05) is 20.2 Å².